The van der Waals surface area contributed by atoms with E-state index >= 15 is 0 Å². The van der Waals surface area contributed by atoms with Gasteiger partial charge in [0.15, 0.2) is 5.16 Å². The van der Waals surface area contributed by atoms with Crippen molar-refractivity contribution in [1.82, 2.24) is 9.55 Å². The monoisotopic (exact) mass is 346 g/mol. The fourth-order valence-corrected chi connectivity index (χ4v) is 3.74. The molecule has 3 rings (SSSR count). The zero-order valence-electron chi connectivity index (χ0n) is 12.4. The van der Waals surface area contributed by atoms with Gasteiger partial charge in [0.2, 0.25) is 0 Å². The number of carbonyl (C=O) groups excluding carboxylic acids is 1. The Morgan fingerprint density at radius 1 is 1.30 bits per heavy atom. The fraction of sp³-hybridized carbons (Fsp3) is 0.188. The molecule has 0 N–H and O–H groups in total. The van der Waals surface area contributed by atoms with Gasteiger partial charge in [-0.25, -0.2) is 4.98 Å². The molecule has 0 fully saturated rings. The molecule has 2 aromatic heterocycles. The average Bonchev–Trinajstić information content (AvgIpc) is 3.03. The number of aromatic nitrogens is 2. The number of hydrogen-bond donors (Lipinski definition) is 0. The molecule has 0 saturated carbocycles. The molecular weight excluding hydrogens is 332 g/mol. The van der Waals surface area contributed by atoms with E-state index in [9.17, 15) is 9.59 Å². The molecule has 0 saturated heterocycles. The van der Waals surface area contributed by atoms with Crippen molar-refractivity contribution in [2.75, 3.05) is 12.4 Å². The SMILES string of the molecule is CCOC(=O)CSc1nc2sccc2c(=O)n1-c1ccccc1. The largest absolute Gasteiger partial charge is 0.465 e. The maximum Gasteiger partial charge on any atom is 0.316 e. The number of ether oxygens (including phenoxy) is 1. The summed E-state index contributed by atoms with van der Waals surface area (Å²) in [7, 11) is 0. The van der Waals surface area contributed by atoms with E-state index in [0.29, 0.717) is 22.0 Å². The van der Waals surface area contributed by atoms with Crippen molar-refractivity contribution >= 4 is 39.3 Å². The van der Waals surface area contributed by atoms with Crippen molar-refractivity contribution in [3.05, 3.63) is 52.1 Å². The van der Waals surface area contributed by atoms with Gasteiger partial charge in [0, 0.05) is 0 Å². The molecule has 118 valence electrons. The zero-order chi connectivity index (χ0) is 16.2. The van der Waals surface area contributed by atoms with Crippen LogP contribution in [0.2, 0.25) is 0 Å². The molecule has 7 heteroatoms. The van der Waals surface area contributed by atoms with Crippen LogP contribution in [0, 0.1) is 0 Å². The number of fused-ring (bicyclic) bond motifs is 1. The first kappa shape index (κ1) is 15.8. The highest BCUT2D eigenvalue weighted by Gasteiger charge is 2.15. The Morgan fingerprint density at radius 2 is 2.09 bits per heavy atom. The minimum absolute atomic E-state index is 0.115. The number of rotatable bonds is 5. The Balaban J connectivity index is 2.07. The second-order valence-electron chi connectivity index (χ2n) is 4.60. The molecule has 0 aliphatic heterocycles. The van der Waals surface area contributed by atoms with Gasteiger partial charge in [-0.3, -0.25) is 14.2 Å². The maximum atomic E-state index is 12.8. The van der Waals surface area contributed by atoms with Gasteiger partial charge in [-0.1, -0.05) is 30.0 Å². The molecule has 0 amide bonds. The molecule has 0 aliphatic carbocycles. The van der Waals surface area contributed by atoms with Crippen LogP contribution in [0.3, 0.4) is 0 Å². The third-order valence-corrected chi connectivity index (χ3v) is 4.82. The van der Waals surface area contributed by atoms with Gasteiger partial charge in [-0.2, -0.15) is 0 Å². The Morgan fingerprint density at radius 3 is 2.83 bits per heavy atom. The predicted molar refractivity (Wildman–Crippen MR) is 92.6 cm³/mol. The lowest BCUT2D eigenvalue weighted by Gasteiger charge is -2.11. The number of para-hydroxylation sites is 1. The molecule has 2 heterocycles. The van der Waals surface area contributed by atoms with Crippen molar-refractivity contribution in [1.29, 1.82) is 0 Å². The third-order valence-electron chi connectivity index (χ3n) is 3.11. The van der Waals surface area contributed by atoms with Crippen molar-refractivity contribution in [3.8, 4) is 5.69 Å². The summed E-state index contributed by atoms with van der Waals surface area (Å²) in [5.74, 6) is -0.207. The van der Waals surface area contributed by atoms with E-state index in [-0.39, 0.29) is 17.3 Å². The van der Waals surface area contributed by atoms with Crippen LogP contribution in [0.4, 0.5) is 0 Å². The van der Waals surface area contributed by atoms with Crippen molar-refractivity contribution in [2.24, 2.45) is 0 Å². The van der Waals surface area contributed by atoms with Crippen molar-refractivity contribution < 1.29 is 9.53 Å². The van der Waals surface area contributed by atoms with E-state index in [2.05, 4.69) is 4.98 Å². The zero-order valence-corrected chi connectivity index (χ0v) is 14.0. The van der Waals surface area contributed by atoms with Crippen LogP contribution in [0.25, 0.3) is 15.9 Å². The number of nitrogens with zero attached hydrogens (tertiary/aromatic N) is 2. The normalized spacial score (nSPS) is 10.8. The second kappa shape index (κ2) is 6.97. The lowest BCUT2D eigenvalue weighted by molar-refractivity contribution is -0.139. The first-order chi connectivity index (χ1) is 11.2. The highest BCUT2D eigenvalue weighted by atomic mass is 32.2. The van der Waals surface area contributed by atoms with Gasteiger partial charge in [0.25, 0.3) is 5.56 Å². The minimum Gasteiger partial charge on any atom is -0.465 e. The molecule has 0 radical (unpaired) electrons. The molecule has 1 aromatic carbocycles. The predicted octanol–water partition coefficient (Wildman–Crippen LogP) is 3.10. The van der Waals surface area contributed by atoms with Crippen LogP contribution in [0.1, 0.15) is 6.92 Å². The van der Waals surface area contributed by atoms with Gasteiger partial charge in [0.1, 0.15) is 4.83 Å². The molecule has 23 heavy (non-hydrogen) atoms. The van der Waals surface area contributed by atoms with E-state index in [1.54, 1.807) is 17.6 Å². The number of carbonyl (C=O) groups is 1. The second-order valence-corrected chi connectivity index (χ2v) is 6.44. The average molecular weight is 346 g/mol. The quantitative estimate of drug-likeness (QED) is 0.404. The summed E-state index contributed by atoms with van der Waals surface area (Å²) in [6.45, 7) is 2.10. The Bertz CT molecular complexity index is 887. The highest BCUT2D eigenvalue weighted by molar-refractivity contribution is 7.99. The van der Waals surface area contributed by atoms with Gasteiger partial charge in [0.05, 0.1) is 23.4 Å². The maximum absolute atomic E-state index is 12.8. The van der Waals surface area contributed by atoms with Crippen molar-refractivity contribution in [2.45, 2.75) is 12.1 Å². The highest BCUT2D eigenvalue weighted by Crippen LogP contribution is 2.23. The van der Waals surface area contributed by atoms with Gasteiger partial charge in [-0.05, 0) is 30.5 Å². The molecule has 0 bridgehead atoms. The molecular formula is C16H14N2O3S2. The van der Waals surface area contributed by atoms with Crippen LogP contribution in [0.15, 0.2) is 51.7 Å². The number of hydrogen-bond acceptors (Lipinski definition) is 6. The summed E-state index contributed by atoms with van der Waals surface area (Å²) < 4.78 is 6.48. The van der Waals surface area contributed by atoms with Crippen LogP contribution in [-0.2, 0) is 9.53 Å². The smallest absolute Gasteiger partial charge is 0.316 e. The molecule has 5 nitrogen and oxygen atoms in total. The Labute approximate surface area is 140 Å². The van der Waals surface area contributed by atoms with Crippen LogP contribution in [0.5, 0.6) is 0 Å². The Kier molecular flexibility index (Phi) is 4.78. The standard InChI is InChI=1S/C16H14N2O3S2/c1-2-21-13(19)10-23-16-17-14-12(8-9-22-14)15(20)18(16)11-6-4-3-5-7-11/h3-9H,2,10H2,1H3. The molecule has 0 unspecified atom stereocenters. The van der Waals surface area contributed by atoms with Crippen LogP contribution in [-0.4, -0.2) is 27.9 Å². The number of benzene rings is 1. The first-order valence-electron chi connectivity index (χ1n) is 7.05. The summed E-state index contributed by atoms with van der Waals surface area (Å²) >= 11 is 2.62. The van der Waals surface area contributed by atoms with E-state index in [0.717, 1.165) is 5.69 Å². The molecule has 0 atom stereocenters. The fourth-order valence-electron chi connectivity index (χ4n) is 2.12. The van der Waals surface area contributed by atoms with Crippen molar-refractivity contribution in [3.63, 3.8) is 0 Å². The van der Waals surface area contributed by atoms with Gasteiger partial charge < -0.3 is 4.74 Å². The Hall–Kier alpha value is -2.12. The summed E-state index contributed by atoms with van der Waals surface area (Å²) in [6, 6.07) is 11.1. The van der Waals surface area contributed by atoms with Gasteiger partial charge >= 0.3 is 5.97 Å². The summed E-state index contributed by atoms with van der Waals surface area (Å²) in [6.07, 6.45) is 0. The topological polar surface area (TPSA) is 61.2 Å². The first-order valence-corrected chi connectivity index (χ1v) is 8.91. The minimum atomic E-state index is -0.322. The molecule has 0 spiro atoms. The number of esters is 1. The molecule has 0 aliphatic rings. The van der Waals surface area contributed by atoms with Crippen LogP contribution >= 0.6 is 23.1 Å². The summed E-state index contributed by atoms with van der Waals surface area (Å²) in [4.78, 5) is 29.6. The van der Waals surface area contributed by atoms with Gasteiger partial charge in [-0.15, -0.1) is 11.3 Å². The molecule has 3 aromatic rings. The summed E-state index contributed by atoms with van der Waals surface area (Å²) in [5, 5.41) is 2.91. The number of thioether (sulfide) groups is 1. The van der Waals surface area contributed by atoms with Crippen LogP contribution < -0.4 is 5.56 Å². The van der Waals surface area contributed by atoms with E-state index in [4.69, 9.17) is 4.74 Å². The lowest BCUT2D eigenvalue weighted by atomic mass is 10.3. The van der Waals surface area contributed by atoms with E-state index < -0.39 is 0 Å². The number of thiophene rings is 1. The summed E-state index contributed by atoms with van der Waals surface area (Å²) in [5.41, 5.74) is 0.596. The third kappa shape index (κ3) is 3.30. The van der Waals surface area contributed by atoms with E-state index in [1.807, 2.05) is 35.7 Å². The van der Waals surface area contributed by atoms with E-state index in [1.165, 1.54) is 23.1 Å². The lowest BCUT2D eigenvalue weighted by Crippen LogP contribution is -2.21.